The number of aromatic nitrogens is 1. The van der Waals surface area contributed by atoms with Gasteiger partial charge in [-0.2, -0.15) is 0 Å². The fraction of sp³-hybridized carbons (Fsp3) is 0.786. The first kappa shape index (κ1) is 13.8. The molecule has 0 aliphatic heterocycles. The summed E-state index contributed by atoms with van der Waals surface area (Å²) in [5.74, 6) is 0. The maximum absolute atomic E-state index is 4.94. The summed E-state index contributed by atoms with van der Waals surface area (Å²) in [4.78, 5) is 8.80. The van der Waals surface area contributed by atoms with Gasteiger partial charge in [-0.05, 0) is 26.8 Å². The topological polar surface area (TPSA) is 28.2 Å². The van der Waals surface area contributed by atoms with Gasteiger partial charge < -0.3 is 10.2 Å². The van der Waals surface area contributed by atoms with E-state index in [-0.39, 0.29) is 5.41 Å². The van der Waals surface area contributed by atoms with Crippen LogP contribution in [0.5, 0.6) is 0 Å². The molecule has 0 bridgehead atoms. The van der Waals surface area contributed by atoms with E-state index in [0.717, 1.165) is 19.1 Å². The highest BCUT2D eigenvalue weighted by atomic mass is 32.1. The zero-order chi connectivity index (χ0) is 13.3. The maximum atomic E-state index is 4.94. The summed E-state index contributed by atoms with van der Waals surface area (Å²) in [5.41, 5.74) is 1.39. The summed E-state index contributed by atoms with van der Waals surface area (Å²) in [5, 5.41) is 4.48. The Morgan fingerprint density at radius 3 is 2.50 bits per heavy atom. The average Bonchev–Trinajstić information content (AvgIpc) is 3.00. The molecule has 1 heterocycles. The molecule has 0 amide bonds. The number of rotatable bonds is 5. The Kier molecular flexibility index (Phi) is 3.97. The largest absolute Gasteiger partial charge is 0.345 e. The Hall–Kier alpha value is -0.610. The fourth-order valence-corrected chi connectivity index (χ4v) is 3.68. The second-order valence-corrected chi connectivity index (χ2v) is 7.13. The molecule has 2 rings (SSSR count). The molecule has 1 aliphatic rings. The molecule has 0 unspecified atom stereocenters. The van der Waals surface area contributed by atoms with E-state index in [9.17, 15) is 0 Å². The lowest BCUT2D eigenvalue weighted by Crippen LogP contribution is -2.25. The minimum absolute atomic E-state index is 0.129. The van der Waals surface area contributed by atoms with Crippen LogP contribution in [0.4, 0.5) is 5.13 Å². The van der Waals surface area contributed by atoms with E-state index in [4.69, 9.17) is 4.98 Å². The summed E-state index contributed by atoms with van der Waals surface area (Å²) >= 11 is 1.86. The molecule has 0 radical (unpaired) electrons. The van der Waals surface area contributed by atoms with E-state index in [1.807, 2.05) is 18.4 Å². The van der Waals surface area contributed by atoms with Crippen molar-refractivity contribution in [2.24, 2.45) is 0 Å². The molecule has 18 heavy (non-hydrogen) atoms. The molecule has 1 N–H and O–H groups in total. The van der Waals surface area contributed by atoms with Gasteiger partial charge in [-0.1, -0.05) is 20.8 Å². The van der Waals surface area contributed by atoms with Gasteiger partial charge >= 0.3 is 0 Å². The lowest BCUT2D eigenvalue weighted by molar-refractivity contribution is 0.562. The molecule has 1 aromatic rings. The first-order valence-corrected chi connectivity index (χ1v) is 7.70. The van der Waals surface area contributed by atoms with Crippen molar-refractivity contribution in [3.8, 4) is 0 Å². The Labute approximate surface area is 115 Å². The van der Waals surface area contributed by atoms with E-state index < -0.39 is 0 Å². The van der Waals surface area contributed by atoms with Crippen LogP contribution < -0.4 is 10.2 Å². The minimum Gasteiger partial charge on any atom is -0.345 e. The van der Waals surface area contributed by atoms with Gasteiger partial charge in [0.2, 0.25) is 0 Å². The van der Waals surface area contributed by atoms with Crippen molar-refractivity contribution in [1.82, 2.24) is 10.3 Å². The quantitative estimate of drug-likeness (QED) is 0.888. The lowest BCUT2D eigenvalue weighted by atomic mass is 9.91. The molecular formula is C14H25N3S. The van der Waals surface area contributed by atoms with Crippen molar-refractivity contribution in [3.05, 3.63) is 10.6 Å². The van der Waals surface area contributed by atoms with Crippen LogP contribution >= 0.6 is 11.3 Å². The average molecular weight is 267 g/mol. The van der Waals surface area contributed by atoms with Gasteiger partial charge in [-0.25, -0.2) is 4.98 Å². The third-order valence-corrected chi connectivity index (χ3v) is 4.40. The van der Waals surface area contributed by atoms with E-state index in [2.05, 4.69) is 37.9 Å². The number of anilines is 1. The maximum Gasteiger partial charge on any atom is 0.186 e. The van der Waals surface area contributed by atoms with E-state index in [0.29, 0.717) is 0 Å². The first-order chi connectivity index (χ1) is 8.47. The molecule has 0 aromatic carbocycles. The Morgan fingerprint density at radius 1 is 1.39 bits per heavy atom. The number of hydrogen-bond donors (Lipinski definition) is 1. The molecule has 1 saturated carbocycles. The lowest BCUT2D eigenvalue weighted by Gasteiger charge is -2.20. The third-order valence-electron chi connectivity index (χ3n) is 3.31. The summed E-state index contributed by atoms with van der Waals surface area (Å²) in [6, 6.07) is 0.747. The number of nitrogens with one attached hydrogen (secondary N) is 1. The van der Waals surface area contributed by atoms with E-state index in [1.165, 1.54) is 28.5 Å². The van der Waals surface area contributed by atoms with Crippen LogP contribution in [0.2, 0.25) is 0 Å². The molecule has 1 aromatic heterocycles. The van der Waals surface area contributed by atoms with Crippen molar-refractivity contribution < 1.29 is 0 Å². The zero-order valence-electron chi connectivity index (χ0n) is 12.2. The Balaban J connectivity index is 2.31. The fourth-order valence-electron chi connectivity index (χ4n) is 2.26. The van der Waals surface area contributed by atoms with Crippen molar-refractivity contribution >= 4 is 16.5 Å². The summed E-state index contributed by atoms with van der Waals surface area (Å²) in [6.45, 7) is 11.0. The summed E-state index contributed by atoms with van der Waals surface area (Å²) < 4.78 is 0. The number of thiazole rings is 1. The molecule has 1 aliphatic carbocycles. The molecule has 0 spiro atoms. The van der Waals surface area contributed by atoms with Crippen LogP contribution in [-0.2, 0) is 12.0 Å². The Bertz CT molecular complexity index is 402. The normalized spacial score (nSPS) is 16.1. The highest BCUT2D eigenvalue weighted by molar-refractivity contribution is 7.15. The first-order valence-electron chi connectivity index (χ1n) is 6.88. The van der Waals surface area contributed by atoms with Gasteiger partial charge in [0.1, 0.15) is 0 Å². The molecular weight excluding hydrogens is 242 g/mol. The van der Waals surface area contributed by atoms with E-state index >= 15 is 0 Å². The summed E-state index contributed by atoms with van der Waals surface area (Å²) in [6.07, 6.45) is 2.67. The predicted octanol–water partition coefficient (Wildman–Crippen LogP) is 3.15. The number of hydrogen-bond acceptors (Lipinski definition) is 4. The standard InChI is InChI=1S/C14H25N3S/c1-6-17(10-7-8-10)13-16-12(14(2,3)4)11(18-13)9-15-5/h10,15H,6-9H2,1-5H3. The molecule has 4 heteroatoms. The van der Waals surface area contributed by atoms with Gasteiger partial charge in [0.05, 0.1) is 5.69 Å². The van der Waals surface area contributed by atoms with Crippen LogP contribution in [-0.4, -0.2) is 24.6 Å². The number of nitrogens with zero attached hydrogens (tertiary/aromatic N) is 2. The smallest absolute Gasteiger partial charge is 0.186 e. The minimum atomic E-state index is 0.129. The highest BCUT2D eigenvalue weighted by Crippen LogP contribution is 2.38. The van der Waals surface area contributed by atoms with Gasteiger partial charge in [0.15, 0.2) is 5.13 Å². The Morgan fingerprint density at radius 2 is 2.06 bits per heavy atom. The molecule has 3 nitrogen and oxygen atoms in total. The predicted molar refractivity (Wildman–Crippen MR) is 79.6 cm³/mol. The van der Waals surface area contributed by atoms with Gasteiger partial charge in [-0.3, -0.25) is 0 Å². The molecule has 0 saturated heterocycles. The van der Waals surface area contributed by atoms with Crippen molar-refractivity contribution in [2.45, 2.75) is 58.5 Å². The second kappa shape index (κ2) is 5.17. The SMILES string of the molecule is CCN(c1nc(C(C)(C)C)c(CNC)s1)C1CC1. The van der Waals surface area contributed by atoms with Gasteiger partial charge in [-0.15, -0.1) is 11.3 Å². The van der Waals surface area contributed by atoms with Crippen molar-refractivity contribution in [2.75, 3.05) is 18.5 Å². The van der Waals surface area contributed by atoms with Gasteiger partial charge in [0, 0.05) is 29.4 Å². The third kappa shape index (κ3) is 2.86. The van der Waals surface area contributed by atoms with Crippen LogP contribution in [0.25, 0.3) is 0 Å². The summed E-state index contributed by atoms with van der Waals surface area (Å²) in [7, 11) is 2.00. The van der Waals surface area contributed by atoms with Gasteiger partial charge in [0.25, 0.3) is 0 Å². The van der Waals surface area contributed by atoms with Crippen LogP contribution in [0, 0.1) is 0 Å². The van der Waals surface area contributed by atoms with Crippen LogP contribution in [0.1, 0.15) is 51.1 Å². The zero-order valence-corrected chi connectivity index (χ0v) is 13.0. The van der Waals surface area contributed by atoms with Crippen molar-refractivity contribution in [1.29, 1.82) is 0 Å². The molecule has 1 fully saturated rings. The second-order valence-electron chi connectivity index (χ2n) is 6.07. The highest BCUT2D eigenvalue weighted by Gasteiger charge is 2.32. The molecule has 0 atom stereocenters. The van der Waals surface area contributed by atoms with E-state index in [1.54, 1.807) is 0 Å². The van der Waals surface area contributed by atoms with Crippen LogP contribution in [0.15, 0.2) is 0 Å². The van der Waals surface area contributed by atoms with Crippen molar-refractivity contribution in [3.63, 3.8) is 0 Å². The molecule has 102 valence electrons. The monoisotopic (exact) mass is 267 g/mol. The van der Waals surface area contributed by atoms with Crippen LogP contribution in [0.3, 0.4) is 0 Å².